The number of urea groups is 1. The van der Waals surface area contributed by atoms with Gasteiger partial charge < -0.3 is 43.6 Å². The number of thioether (sulfide) groups is 2. The maximum absolute atomic E-state index is 12.6. The Labute approximate surface area is 405 Å². The van der Waals surface area contributed by atoms with Gasteiger partial charge >= 0.3 is 6.03 Å². The summed E-state index contributed by atoms with van der Waals surface area (Å²) >= 11 is 3.85. The van der Waals surface area contributed by atoms with Crippen LogP contribution in [0.25, 0.3) is 0 Å². The highest BCUT2D eigenvalue weighted by atomic mass is 32.2. The summed E-state index contributed by atoms with van der Waals surface area (Å²) in [5.41, 5.74) is 0. The zero-order chi connectivity index (χ0) is 48.8. The Morgan fingerprint density at radius 2 is 1.15 bits per heavy atom. The maximum Gasteiger partial charge on any atom is 0.315 e. The molecule has 2 amide bonds. The molecule has 0 aromatic carbocycles. The SMILES string of the molecule is CCCC.CCCC.COP(=O)([O-])OCC(CCCCCC(=O)CCCCC1SCC2NC(=O)NC21)COP(=O)([O-])OCC(CO)CCCCCC(=O)CCCCC1SCC2CC(=O)CC21. The molecule has 0 radical (unpaired) electrons. The van der Waals surface area contributed by atoms with E-state index in [1.165, 1.54) is 25.7 Å². The Balaban J connectivity index is 0.00000172. The zero-order valence-electron chi connectivity index (χ0n) is 40.9. The first-order chi connectivity index (χ1) is 31.6. The monoisotopic (exact) mass is 1010 g/mol. The summed E-state index contributed by atoms with van der Waals surface area (Å²) in [6.07, 6.45) is 19.4. The lowest BCUT2D eigenvalue weighted by molar-refractivity contribution is -0.229. The minimum atomic E-state index is -4.78. The number of fused-ring (bicyclic) bond motifs is 2. The summed E-state index contributed by atoms with van der Waals surface area (Å²) in [5.74, 6) is 2.88. The molecule has 3 saturated heterocycles. The minimum Gasteiger partial charge on any atom is -0.756 e. The Hall–Kier alpha value is -0.840. The van der Waals surface area contributed by atoms with Gasteiger partial charge in [-0.05, 0) is 69.0 Å². The molecule has 10 atom stereocenters. The van der Waals surface area contributed by atoms with Crippen LogP contribution in [0.4, 0.5) is 4.79 Å². The van der Waals surface area contributed by atoms with Crippen LogP contribution in [0.1, 0.15) is 182 Å². The lowest BCUT2D eigenvalue weighted by atomic mass is 9.92. The number of phosphoric ester groups is 2. The van der Waals surface area contributed by atoms with Crippen LogP contribution in [0, 0.1) is 23.7 Å². The second kappa shape index (κ2) is 35.3. The lowest BCUT2D eigenvalue weighted by Crippen LogP contribution is -2.36. The predicted octanol–water partition coefficient (Wildman–Crippen LogP) is 9.49. The van der Waals surface area contributed by atoms with E-state index in [2.05, 4.69) is 42.9 Å². The number of Topliss-reactive ketones (excluding diaryl/α,β-unsaturated/α-hetero) is 3. The van der Waals surface area contributed by atoms with E-state index in [4.69, 9.17) is 13.6 Å². The third-order valence-corrected chi connectivity index (χ3v) is 17.9. The molecule has 1 saturated carbocycles. The molecule has 4 aliphatic rings. The molecular formula is C47H86N2O13P2S2-2. The number of nitrogens with one attached hydrogen (secondary N) is 2. The van der Waals surface area contributed by atoms with Gasteiger partial charge in [-0.2, -0.15) is 23.5 Å². The number of amides is 2. The number of carbonyl (C=O) groups is 4. The average Bonchev–Trinajstić information content (AvgIpc) is 4.07. The number of aliphatic hydroxyl groups excluding tert-OH is 1. The van der Waals surface area contributed by atoms with Gasteiger partial charge in [0.1, 0.15) is 17.3 Å². The smallest absolute Gasteiger partial charge is 0.315 e. The van der Waals surface area contributed by atoms with Crippen LogP contribution in [-0.2, 0) is 41.6 Å². The van der Waals surface area contributed by atoms with Gasteiger partial charge in [-0.1, -0.05) is 91.9 Å². The number of phosphoric acid groups is 2. The Kier molecular flexibility index (Phi) is 32.8. The highest BCUT2D eigenvalue weighted by molar-refractivity contribution is 8.00. The molecular weight excluding hydrogens is 927 g/mol. The molecule has 0 bridgehead atoms. The molecule has 4 fully saturated rings. The first kappa shape index (κ1) is 61.3. The number of hydrogen-bond donors (Lipinski definition) is 3. The highest BCUT2D eigenvalue weighted by Crippen LogP contribution is 2.47. The number of ketones is 3. The van der Waals surface area contributed by atoms with Crippen LogP contribution in [0.5, 0.6) is 0 Å². The van der Waals surface area contributed by atoms with E-state index in [-0.39, 0.29) is 56.1 Å². The van der Waals surface area contributed by atoms with E-state index in [0.29, 0.717) is 92.3 Å². The van der Waals surface area contributed by atoms with E-state index in [1.54, 1.807) is 0 Å². The summed E-state index contributed by atoms with van der Waals surface area (Å²) in [6.45, 7) is 7.46. The number of rotatable bonds is 35. The Morgan fingerprint density at radius 1 is 0.667 bits per heavy atom. The maximum atomic E-state index is 12.6. The first-order valence-electron chi connectivity index (χ1n) is 25.2. The van der Waals surface area contributed by atoms with Crippen molar-refractivity contribution in [3.8, 4) is 0 Å². The molecule has 19 heteroatoms. The van der Waals surface area contributed by atoms with Gasteiger partial charge in [-0.15, -0.1) is 0 Å². The van der Waals surface area contributed by atoms with Crippen LogP contribution in [-0.4, -0.2) is 96.1 Å². The topological polar surface area (TPSA) is 230 Å². The van der Waals surface area contributed by atoms with Crippen molar-refractivity contribution in [2.75, 3.05) is 45.0 Å². The molecule has 10 unspecified atom stereocenters. The molecule has 66 heavy (non-hydrogen) atoms. The number of hydrogen-bond acceptors (Lipinski definition) is 15. The molecule has 0 aromatic heterocycles. The first-order valence-corrected chi connectivity index (χ1v) is 30.2. The van der Waals surface area contributed by atoms with Gasteiger partial charge in [-0.3, -0.25) is 23.5 Å². The van der Waals surface area contributed by atoms with E-state index in [9.17, 15) is 43.2 Å². The number of aliphatic hydroxyl groups is 1. The van der Waals surface area contributed by atoms with Crippen LogP contribution in [0.15, 0.2) is 0 Å². The van der Waals surface area contributed by atoms with E-state index < -0.39 is 27.5 Å². The Morgan fingerprint density at radius 3 is 1.68 bits per heavy atom. The second-order valence-corrected chi connectivity index (χ2v) is 24.0. The Bertz CT molecular complexity index is 1470. The van der Waals surface area contributed by atoms with Crippen LogP contribution >= 0.6 is 39.2 Å². The lowest BCUT2D eigenvalue weighted by Gasteiger charge is -2.28. The average molecular weight is 1010 g/mol. The van der Waals surface area contributed by atoms with Crippen molar-refractivity contribution < 1.29 is 61.3 Å². The molecule has 3 N–H and O–H groups in total. The summed E-state index contributed by atoms with van der Waals surface area (Å²) in [7, 11) is -8.37. The van der Waals surface area contributed by atoms with Crippen molar-refractivity contribution in [2.45, 2.75) is 204 Å². The summed E-state index contributed by atoms with van der Waals surface area (Å²) in [5, 5.41) is 16.7. The van der Waals surface area contributed by atoms with Crippen LogP contribution in [0.3, 0.4) is 0 Å². The summed E-state index contributed by atoms with van der Waals surface area (Å²) < 4.78 is 43.9. The summed E-state index contributed by atoms with van der Waals surface area (Å²) in [6, 6.07) is 0.246. The van der Waals surface area contributed by atoms with Gasteiger partial charge in [0.15, 0.2) is 0 Å². The number of carbonyl (C=O) groups excluding carboxylic acids is 4. The predicted molar refractivity (Wildman–Crippen MR) is 261 cm³/mol. The normalized spacial score (nSPS) is 24.7. The fraction of sp³-hybridized carbons (Fsp3) is 0.915. The van der Waals surface area contributed by atoms with Gasteiger partial charge in [0.05, 0.1) is 31.9 Å². The molecule has 3 aliphatic heterocycles. The largest absolute Gasteiger partial charge is 0.756 e. The van der Waals surface area contributed by atoms with Crippen molar-refractivity contribution in [1.82, 2.24) is 10.6 Å². The van der Waals surface area contributed by atoms with Gasteiger partial charge in [-0.25, -0.2) is 4.79 Å². The van der Waals surface area contributed by atoms with Crippen molar-refractivity contribution in [1.29, 1.82) is 0 Å². The molecule has 1 aliphatic carbocycles. The molecule has 15 nitrogen and oxygen atoms in total. The van der Waals surface area contributed by atoms with E-state index in [1.807, 2.05) is 23.5 Å². The van der Waals surface area contributed by atoms with E-state index in [0.717, 1.165) is 82.8 Å². The third kappa shape index (κ3) is 26.4. The molecule has 0 aromatic rings. The summed E-state index contributed by atoms with van der Waals surface area (Å²) in [4.78, 5) is 72.6. The third-order valence-electron chi connectivity index (χ3n) is 12.9. The van der Waals surface area contributed by atoms with E-state index >= 15 is 0 Å². The molecule has 0 spiro atoms. The fourth-order valence-electron chi connectivity index (χ4n) is 8.46. The van der Waals surface area contributed by atoms with Gasteiger partial charge in [0.25, 0.3) is 15.6 Å². The second-order valence-electron chi connectivity index (χ2n) is 18.5. The molecule has 386 valence electrons. The molecule has 4 rings (SSSR count). The van der Waals surface area contributed by atoms with Crippen LogP contribution < -0.4 is 20.4 Å². The fourth-order valence-corrected chi connectivity index (χ4v) is 13.1. The zero-order valence-corrected chi connectivity index (χ0v) is 44.3. The van der Waals surface area contributed by atoms with Crippen molar-refractivity contribution in [3.05, 3.63) is 0 Å². The molecule has 3 heterocycles. The standard InChI is InChI=1S/C39H68N2O13P2S2.2C4H10/c1-51-55(47,48)52-24-29(13-5-3-7-15-32(44)17-9-11-19-37-38-35(27-58-37)40-39(46)41-38)25-54-56(49,50)53-23-28(22-42)12-4-2-6-14-31(43)16-8-10-18-36-34-21-33(45)20-30(34)26-57-36;2*1-3-4-2/h28-30,34-38,42H,2-27H2,1H3,(H,47,48)(H,49,50)(H2,40,41,46);2*3-4H2,1-2H3/p-2. The quantitative estimate of drug-likeness (QED) is 0.0305. The van der Waals surface area contributed by atoms with Crippen molar-refractivity contribution >= 4 is 62.6 Å². The van der Waals surface area contributed by atoms with Crippen molar-refractivity contribution in [3.63, 3.8) is 0 Å². The van der Waals surface area contributed by atoms with Crippen LogP contribution in [0.2, 0.25) is 0 Å². The minimum absolute atomic E-state index is 0.104. The van der Waals surface area contributed by atoms with Gasteiger partial charge in [0.2, 0.25) is 0 Å². The highest BCUT2D eigenvalue weighted by Gasteiger charge is 2.43. The number of unbranched alkanes of at least 4 members (excludes halogenated alkanes) is 8. The van der Waals surface area contributed by atoms with Crippen molar-refractivity contribution in [2.24, 2.45) is 23.7 Å². The van der Waals surface area contributed by atoms with Gasteiger partial charge in [0, 0.05) is 80.3 Å².